The van der Waals surface area contributed by atoms with Crippen molar-refractivity contribution in [3.63, 3.8) is 0 Å². The average Bonchev–Trinajstić information content (AvgIpc) is 3.26. The van der Waals surface area contributed by atoms with Crippen molar-refractivity contribution in [3.8, 4) is 11.4 Å². The Morgan fingerprint density at radius 1 is 1.10 bits per heavy atom. The quantitative estimate of drug-likeness (QED) is 0.561. The van der Waals surface area contributed by atoms with Crippen molar-refractivity contribution >= 4 is 40.3 Å². The number of aryl methyl sites for hydroxylation is 1. The van der Waals surface area contributed by atoms with E-state index in [0.717, 1.165) is 43.0 Å². The van der Waals surface area contributed by atoms with E-state index in [4.69, 9.17) is 11.6 Å². The molecule has 1 aliphatic heterocycles. The van der Waals surface area contributed by atoms with Crippen LogP contribution in [0.1, 0.15) is 47.6 Å². The van der Waals surface area contributed by atoms with Crippen molar-refractivity contribution < 1.29 is 9.59 Å². The number of rotatable bonds is 6. The molecule has 2 aromatic heterocycles. The molecule has 0 spiro atoms. The molecule has 0 fully saturated rings. The van der Waals surface area contributed by atoms with Gasteiger partial charge in [0, 0.05) is 37.1 Å². The normalized spacial score (nSPS) is 13.6. The van der Waals surface area contributed by atoms with Crippen LogP contribution in [0.2, 0.25) is 4.34 Å². The molecule has 0 atom stereocenters. The molecule has 8 heteroatoms. The second-order valence-electron chi connectivity index (χ2n) is 7.06. The number of aromatic nitrogens is 3. The van der Waals surface area contributed by atoms with Crippen LogP contribution in [0.5, 0.6) is 0 Å². The number of fused-ring (bicyclic) bond motifs is 1. The highest BCUT2D eigenvalue weighted by molar-refractivity contribution is 7.18. The third kappa shape index (κ3) is 4.74. The van der Waals surface area contributed by atoms with Crippen molar-refractivity contribution in [1.82, 2.24) is 14.8 Å². The van der Waals surface area contributed by atoms with Crippen molar-refractivity contribution in [3.05, 3.63) is 51.4 Å². The summed E-state index contributed by atoms with van der Waals surface area (Å²) in [7, 11) is 0. The number of nitrogens with zero attached hydrogens (tertiary/aromatic N) is 3. The van der Waals surface area contributed by atoms with Crippen molar-refractivity contribution in [2.45, 2.75) is 45.1 Å². The van der Waals surface area contributed by atoms with Gasteiger partial charge in [0.2, 0.25) is 5.91 Å². The number of Topliss-reactive ketones (excluding diaryl/α,β-unsaturated/α-hetero) is 1. The van der Waals surface area contributed by atoms with Crippen molar-refractivity contribution in [2.24, 2.45) is 0 Å². The summed E-state index contributed by atoms with van der Waals surface area (Å²) in [6.45, 7) is 0.920. The Labute approximate surface area is 177 Å². The summed E-state index contributed by atoms with van der Waals surface area (Å²) >= 11 is 7.09. The maximum Gasteiger partial charge on any atom is 0.224 e. The zero-order valence-corrected chi connectivity index (χ0v) is 17.4. The lowest BCUT2D eigenvalue weighted by atomic mass is 10.1. The van der Waals surface area contributed by atoms with Crippen LogP contribution < -0.4 is 5.32 Å². The van der Waals surface area contributed by atoms with E-state index in [0.29, 0.717) is 14.9 Å². The van der Waals surface area contributed by atoms with Crippen molar-refractivity contribution in [1.29, 1.82) is 0 Å². The Hall–Kier alpha value is -2.51. The second kappa shape index (κ2) is 8.88. The largest absolute Gasteiger partial charge is 0.326 e. The van der Waals surface area contributed by atoms with Crippen LogP contribution in [0.25, 0.3) is 11.4 Å². The highest BCUT2D eigenvalue weighted by Crippen LogP contribution is 2.25. The minimum Gasteiger partial charge on any atom is -0.326 e. The topological polar surface area (TPSA) is 76.9 Å². The molecule has 1 aliphatic rings. The zero-order valence-electron chi connectivity index (χ0n) is 15.9. The van der Waals surface area contributed by atoms with Crippen LogP contribution in [0, 0.1) is 0 Å². The molecule has 1 aromatic carbocycles. The first kappa shape index (κ1) is 19.8. The van der Waals surface area contributed by atoms with E-state index in [9.17, 15) is 9.59 Å². The predicted molar refractivity (Wildman–Crippen MR) is 115 cm³/mol. The highest BCUT2D eigenvalue weighted by atomic mass is 35.5. The molecule has 0 saturated carbocycles. The molecule has 0 radical (unpaired) electrons. The van der Waals surface area contributed by atoms with Gasteiger partial charge in [-0.25, -0.2) is 0 Å². The fourth-order valence-electron chi connectivity index (χ4n) is 3.47. The van der Waals surface area contributed by atoms with Crippen molar-refractivity contribution in [2.75, 3.05) is 5.32 Å². The third-order valence-electron chi connectivity index (χ3n) is 4.94. The Morgan fingerprint density at radius 3 is 2.83 bits per heavy atom. The maximum absolute atomic E-state index is 12.3. The van der Waals surface area contributed by atoms with Gasteiger partial charge in [-0.05, 0) is 37.1 Å². The fraction of sp³-hybridized carbons (Fsp3) is 0.333. The van der Waals surface area contributed by atoms with Gasteiger partial charge in [-0.1, -0.05) is 30.2 Å². The summed E-state index contributed by atoms with van der Waals surface area (Å²) in [6.07, 6.45) is 4.70. The van der Waals surface area contributed by atoms with Gasteiger partial charge in [0.15, 0.2) is 11.6 Å². The number of carbonyl (C=O) groups excluding carboxylic acids is 2. The van der Waals surface area contributed by atoms with Gasteiger partial charge in [0.25, 0.3) is 0 Å². The molecule has 1 N–H and O–H groups in total. The lowest BCUT2D eigenvalue weighted by Crippen LogP contribution is -2.13. The molecule has 29 heavy (non-hydrogen) atoms. The van der Waals surface area contributed by atoms with Gasteiger partial charge in [-0.3, -0.25) is 9.59 Å². The zero-order chi connectivity index (χ0) is 20.2. The summed E-state index contributed by atoms with van der Waals surface area (Å²) in [6, 6.07) is 11.0. The van der Waals surface area contributed by atoms with Crippen LogP contribution in [0.15, 0.2) is 36.4 Å². The second-order valence-corrected chi connectivity index (χ2v) is 8.77. The Morgan fingerprint density at radius 2 is 2.00 bits per heavy atom. The van der Waals surface area contributed by atoms with E-state index in [-0.39, 0.29) is 24.5 Å². The van der Waals surface area contributed by atoms with E-state index in [1.54, 1.807) is 12.1 Å². The van der Waals surface area contributed by atoms with Crippen LogP contribution in [0.4, 0.5) is 5.69 Å². The molecule has 3 heterocycles. The monoisotopic (exact) mass is 428 g/mol. The first-order valence-corrected chi connectivity index (χ1v) is 10.9. The van der Waals surface area contributed by atoms with Gasteiger partial charge in [-0.2, -0.15) is 0 Å². The number of carbonyl (C=O) groups is 2. The number of nitrogens with one attached hydrogen (secondary N) is 1. The number of hydrogen-bond donors (Lipinski definition) is 1. The molecular weight excluding hydrogens is 408 g/mol. The van der Waals surface area contributed by atoms with Gasteiger partial charge >= 0.3 is 0 Å². The Balaban J connectivity index is 1.41. The summed E-state index contributed by atoms with van der Waals surface area (Å²) in [4.78, 5) is 25.0. The fourth-order valence-corrected chi connectivity index (χ4v) is 4.48. The Kier molecular flexibility index (Phi) is 6.06. The van der Waals surface area contributed by atoms with E-state index >= 15 is 0 Å². The van der Waals surface area contributed by atoms with Crippen LogP contribution in [0.3, 0.4) is 0 Å². The number of amides is 1. The molecular formula is C21H21ClN4O2S. The number of anilines is 1. The van der Waals surface area contributed by atoms with E-state index in [2.05, 4.69) is 20.1 Å². The number of halogens is 1. The summed E-state index contributed by atoms with van der Waals surface area (Å²) in [5.41, 5.74) is 1.61. The van der Waals surface area contributed by atoms with Gasteiger partial charge < -0.3 is 9.88 Å². The molecule has 1 amide bonds. The highest BCUT2D eigenvalue weighted by Gasteiger charge is 2.17. The average molecular weight is 429 g/mol. The smallest absolute Gasteiger partial charge is 0.224 e. The molecule has 0 unspecified atom stereocenters. The van der Waals surface area contributed by atoms with Gasteiger partial charge in [0.1, 0.15) is 5.82 Å². The predicted octanol–water partition coefficient (Wildman–Crippen LogP) is 4.99. The SMILES string of the molecule is O=C(CCC(=O)c1ccc(Cl)s1)Nc1cccc(-c2nnc3n2CCCCC3)c1. The first-order valence-electron chi connectivity index (χ1n) is 9.71. The van der Waals surface area contributed by atoms with Crippen LogP contribution in [-0.4, -0.2) is 26.5 Å². The first-order chi connectivity index (χ1) is 14.1. The standard InChI is InChI=1S/C21H21ClN4O2S/c22-18-10-9-17(29-18)16(27)8-11-20(28)23-15-6-4-5-14(13-15)21-25-24-19-7-2-1-3-12-26(19)21/h4-6,9-10,13H,1-3,7-8,11-12H2,(H,23,28). The number of hydrogen-bond acceptors (Lipinski definition) is 5. The number of ketones is 1. The lowest BCUT2D eigenvalue weighted by Gasteiger charge is -2.09. The molecule has 150 valence electrons. The molecule has 0 aliphatic carbocycles. The summed E-state index contributed by atoms with van der Waals surface area (Å²) in [5, 5.41) is 11.6. The Bertz CT molecular complexity index is 1040. The summed E-state index contributed by atoms with van der Waals surface area (Å²) in [5.74, 6) is 1.59. The van der Waals surface area contributed by atoms with Crippen LogP contribution >= 0.6 is 22.9 Å². The number of benzene rings is 1. The van der Waals surface area contributed by atoms with E-state index in [1.807, 2.05) is 24.3 Å². The van der Waals surface area contributed by atoms with Gasteiger partial charge in [-0.15, -0.1) is 21.5 Å². The molecule has 0 saturated heterocycles. The number of thiophene rings is 1. The lowest BCUT2D eigenvalue weighted by molar-refractivity contribution is -0.116. The maximum atomic E-state index is 12.3. The van der Waals surface area contributed by atoms with Crippen LogP contribution in [-0.2, 0) is 17.8 Å². The summed E-state index contributed by atoms with van der Waals surface area (Å²) < 4.78 is 2.75. The minimum atomic E-state index is -0.196. The van der Waals surface area contributed by atoms with E-state index < -0.39 is 0 Å². The molecule has 3 aromatic rings. The molecule has 0 bridgehead atoms. The minimum absolute atomic E-state index is 0.0723. The molecule has 4 rings (SSSR count). The molecule has 6 nitrogen and oxygen atoms in total. The van der Waals surface area contributed by atoms with E-state index in [1.165, 1.54) is 17.8 Å². The van der Waals surface area contributed by atoms with Gasteiger partial charge in [0.05, 0.1) is 9.21 Å². The third-order valence-corrected chi connectivity index (χ3v) is 6.21.